The number of hydrogen-bond acceptors (Lipinski definition) is 4. The van der Waals surface area contributed by atoms with Crippen LogP contribution in [0.5, 0.6) is 0 Å². The second-order valence-corrected chi connectivity index (χ2v) is 6.43. The number of thiophene rings is 1. The van der Waals surface area contributed by atoms with E-state index >= 15 is 0 Å². The molecule has 0 aliphatic carbocycles. The van der Waals surface area contributed by atoms with E-state index in [0.29, 0.717) is 12.1 Å². The maximum atomic E-state index is 5.65. The normalized spacial score (nSPS) is 20.8. The lowest BCUT2D eigenvalue weighted by atomic mass is 10.0. The Balaban J connectivity index is 1.54. The molecule has 1 saturated heterocycles. The van der Waals surface area contributed by atoms with Gasteiger partial charge in [-0.15, -0.1) is 11.3 Å². The summed E-state index contributed by atoms with van der Waals surface area (Å²) in [5.41, 5.74) is 2.97. The van der Waals surface area contributed by atoms with E-state index in [2.05, 4.69) is 22.9 Å². The Morgan fingerprint density at radius 3 is 3.00 bits per heavy atom. The highest BCUT2D eigenvalue weighted by Gasteiger charge is 2.15. The average Bonchev–Trinajstić information content (AvgIpc) is 3.10. The molecule has 0 amide bonds. The van der Waals surface area contributed by atoms with Crippen LogP contribution in [0.2, 0.25) is 0 Å². The van der Waals surface area contributed by atoms with Gasteiger partial charge in [0.25, 0.3) is 0 Å². The number of ether oxygens (including phenoxy) is 1. The van der Waals surface area contributed by atoms with Crippen molar-refractivity contribution in [3.05, 3.63) is 22.4 Å². The molecule has 1 aliphatic rings. The van der Waals surface area contributed by atoms with Crippen molar-refractivity contribution in [2.24, 2.45) is 5.84 Å². The van der Waals surface area contributed by atoms with Gasteiger partial charge in [0.1, 0.15) is 0 Å². The van der Waals surface area contributed by atoms with Gasteiger partial charge in [0.2, 0.25) is 0 Å². The van der Waals surface area contributed by atoms with Crippen LogP contribution in [0.15, 0.2) is 17.5 Å². The largest absolute Gasteiger partial charge is 0.378 e. The molecule has 3 N–H and O–H groups in total. The van der Waals surface area contributed by atoms with Crippen molar-refractivity contribution in [3.63, 3.8) is 0 Å². The van der Waals surface area contributed by atoms with E-state index in [1.807, 2.05) is 11.3 Å². The monoisotopic (exact) mass is 282 g/mol. The first-order valence-electron chi connectivity index (χ1n) is 7.48. The molecule has 0 spiro atoms. The number of nitrogens with two attached hydrogens (primary N) is 1. The van der Waals surface area contributed by atoms with Gasteiger partial charge in [0.05, 0.1) is 6.10 Å². The highest BCUT2D eigenvalue weighted by atomic mass is 32.1. The lowest BCUT2D eigenvalue weighted by Crippen LogP contribution is -2.35. The second kappa shape index (κ2) is 8.69. The van der Waals surface area contributed by atoms with Crippen molar-refractivity contribution in [2.75, 3.05) is 6.61 Å². The van der Waals surface area contributed by atoms with Crippen molar-refractivity contribution in [2.45, 2.75) is 63.5 Å². The van der Waals surface area contributed by atoms with E-state index in [1.54, 1.807) is 0 Å². The predicted octanol–water partition coefficient (Wildman–Crippen LogP) is 3.25. The number of nitrogens with one attached hydrogen (secondary N) is 1. The van der Waals surface area contributed by atoms with Crippen molar-refractivity contribution in [3.8, 4) is 0 Å². The Labute approximate surface area is 120 Å². The summed E-state index contributed by atoms with van der Waals surface area (Å²) in [7, 11) is 0. The van der Waals surface area contributed by atoms with E-state index in [1.165, 1.54) is 56.2 Å². The highest BCUT2D eigenvalue weighted by Crippen LogP contribution is 2.19. The molecule has 2 unspecified atom stereocenters. The summed E-state index contributed by atoms with van der Waals surface area (Å²) >= 11 is 1.85. The summed E-state index contributed by atoms with van der Waals surface area (Å²) in [6.45, 7) is 0.962. The van der Waals surface area contributed by atoms with Gasteiger partial charge < -0.3 is 4.74 Å². The molecule has 19 heavy (non-hydrogen) atoms. The van der Waals surface area contributed by atoms with Crippen molar-refractivity contribution in [1.82, 2.24) is 5.43 Å². The molecule has 0 aromatic carbocycles. The molecule has 0 saturated carbocycles. The molecule has 3 nitrogen and oxygen atoms in total. The summed E-state index contributed by atoms with van der Waals surface area (Å²) in [5, 5.41) is 2.15. The molecule has 4 heteroatoms. The van der Waals surface area contributed by atoms with Crippen molar-refractivity contribution >= 4 is 11.3 Å². The van der Waals surface area contributed by atoms with Crippen LogP contribution in [0.1, 0.15) is 49.8 Å². The minimum atomic E-state index is 0.460. The Morgan fingerprint density at radius 1 is 1.42 bits per heavy atom. The average molecular weight is 282 g/mol. The summed E-state index contributed by atoms with van der Waals surface area (Å²) in [6.07, 6.45) is 10.2. The van der Waals surface area contributed by atoms with Crippen LogP contribution in [0.25, 0.3) is 0 Å². The summed E-state index contributed by atoms with van der Waals surface area (Å²) in [4.78, 5) is 1.48. The van der Waals surface area contributed by atoms with Gasteiger partial charge in [0.15, 0.2) is 0 Å². The number of hydrazine groups is 1. The third kappa shape index (κ3) is 5.61. The Kier molecular flexibility index (Phi) is 6.85. The maximum absolute atomic E-state index is 5.65. The van der Waals surface area contributed by atoms with Gasteiger partial charge in [0, 0.05) is 17.5 Å². The molecule has 2 rings (SSSR count). The SMILES string of the molecule is NNC(CCCc1cccs1)CCCC1CCCO1. The van der Waals surface area contributed by atoms with E-state index < -0.39 is 0 Å². The molecule has 1 aromatic heterocycles. The van der Waals surface area contributed by atoms with Gasteiger partial charge in [-0.05, 0) is 62.8 Å². The topological polar surface area (TPSA) is 47.3 Å². The van der Waals surface area contributed by atoms with E-state index in [0.717, 1.165) is 6.61 Å². The minimum Gasteiger partial charge on any atom is -0.378 e. The Morgan fingerprint density at radius 2 is 2.32 bits per heavy atom. The predicted molar refractivity (Wildman–Crippen MR) is 81.2 cm³/mol. The molecule has 1 aromatic rings. The standard InChI is InChI=1S/C15H26N2OS/c16-17-13(5-1-7-14-8-3-11-18-14)6-2-9-15-10-4-12-19-15/h4,10,12-14,17H,1-3,5-9,11,16H2. The van der Waals surface area contributed by atoms with Gasteiger partial charge >= 0.3 is 0 Å². The molecule has 1 aliphatic heterocycles. The molecule has 2 atom stereocenters. The summed E-state index contributed by atoms with van der Waals surface area (Å²) < 4.78 is 5.65. The van der Waals surface area contributed by atoms with E-state index in [9.17, 15) is 0 Å². The Bertz CT molecular complexity index is 323. The fourth-order valence-corrected chi connectivity index (χ4v) is 3.50. The van der Waals surface area contributed by atoms with Crippen LogP contribution in [0.3, 0.4) is 0 Å². The van der Waals surface area contributed by atoms with Gasteiger partial charge in [-0.3, -0.25) is 11.3 Å². The number of rotatable bonds is 9. The van der Waals surface area contributed by atoms with Crippen LogP contribution >= 0.6 is 11.3 Å². The van der Waals surface area contributed by atoms with Crippen LogP contribution in [0.4, 0.5) is 0 Å². The molecular formula is C15H26N2OS. The fraction of sp³-hybridized carbons (Fsp3) is 0.733. The third-order valence-electron chi connectivity index (χ3n) is 3.89. The van der Waals surface area contributed by atoms with Gasteiger partial charge in [-0.1, -0.05) is 6.07 Å². The zero-order chi connectivity index (χ0) is 13.3. The van der Waals surface area contributed by atoms with Gasteiger partial charge in [-0.25, -0.2) is 0 Å². The maximum Gasteiger partial charge on any atom is 0.0576 e. The quantitative estimate of drug-likeness (QED) is 0.540. The summed E-state index contributed by atoms with van der Waals surface area (Å²) in [6, 6.07) is 4.80. The summed E-state index contributed by atoms with van der Waals surface area (Å²) in [5.74, 6) is 5.65. The minimum absolute atomic E-state index is 0.460. The molecule has 1 fully saturated rings. The Hall–Kier alpha value is -0.420. The molecule has 2 heterocycles. The molecule has 0 bridgehead atoms. The first-order valence-corrected chi connectivity index (χ1v) is 8.36. The first-order chi connectivity index (χ1) is 9.38. The third-order valence-corrected chi connectivity index (χ3v) is 4.83. The fourth-order valence-electron chi connectivity index (χ4n) is 2.75. The van der Waals surface area contributed by atoms with Crippen LogP contribution in [0, 0.1) is 0 Å². The van der Waals surface area contributed by atoms with E-state index in [4.69, 9.17) is 10.6 Å². The van der Waals surface area contributed by atoms with Crippen molar-refractivity contribution < 1.29 is 4.74 Å². The molecule has 108 valence electrons. The number of aryl methyl sites for hydroxylation is 1. The first kappa shape index (κ1) is 15.0. The zero-order valence-electron chi connectivity index (χ0n) is 11.6. The van der Waals surface area contributed by atoms with Crippen LogP contribution < -0.4 is 11.3 Å². The smallest absolute Gasteiger partial charge is 0.0576 e. The van der Waals surface area contributed by atoms with Crippen molar-refractivity contribution in [1.29, 1.82) is 0 Å². The molecule has 0 radical (unpaired) electrons. The zero-order valence-corrected chi connectivity index (χ0v) is 12.5. The van der Waals surface area contributed by atoms with Gasteiger partial charge in [-0.2, -0.15) is 0 Å². The number of hydrogen-bond donors (Lipinski definition) is 2. The van der Waals surface area contributed by atoms with Crippen LogP contribution in [-0.2, 0) is 11.2 Å². The molecular weight excluding hydrogens is 256 g/mol. The lowest BCUT2D eigenvalue weighted by Gasteiger charge is -2.16. The van der Waals surface area contributed by atoms with Crippen LogP contribution in [-0.4, -0.2) is 18.8 Å². The highest BCUT2D eigenvalue weighted by molar-refractivity contribution is 7.09. The van der Waals surface area contributed by atoms with E-state index in [-0.39, 0.29) is 0 Å². The second-order valence-electron chi connectivity index (χ2n) is 5.40. The lowest BCUT2D eigenvalue weighted by molar-refractivity contribution is 0.101.